The molecule has 25 heavy (non-hydrogen) atoms. The van der Waals surface area contributed by atoms with Crippen molar-refractivity contribution < 1.29 is 9.59 Å². The molecule has 0 aliphatic heterocycles. The van der Waals surface area contributed by atoms with Crippen LogP contribution in [0.2, 0.25) is 0 Å². The van der Waals surface area contributed by atoms with E-state index in [1.807, 2.05) is 39.0 Å². The normalized spacial score (nSPS) is 12.8. The summed E-state index contributed by atoms with van der Waals surface area (Å²) in [5.41, 5.74) is 1.97. The maximum atomic E-state index is 12.1. The standard InChI is InChI=1S/C19H24N4O2/c1-4-13(2)21-18(24)15-8-10-16(11-9-15)23-19(25)22-14(3)17-7-5-6-12-20-17/h5-14H,4H2,1-3H3,(H,21,24)(H2,22,23,25)/t13-,14+/m1/s1. The third kappa shape index (κ3) is 5.60. The van der Waals surface area contributed by atoms with Gasteiger partial charge in [0.25, 0.3) is 5.91 Å². The first-order chi connectivity index (χ1) is 12.0. The smallest absolute Gasteiger partial charge is 0.319 e. The highest BCUT2D eigenvalue weighted by Crippen LogP contribution is 2.12. The van der Waals surface area contributed by atoms with Gasteiger partial charge in [0.2, 0.25) is 0 Å². The first-order valence-electron chi connectivity index (χ1n) is 8.39. The van der Waals surface area contributed by atoms with Gasteiger partial charge in [-0.05, 0) is 56.7 Å². The van der Waals surface area contributed by atoms with Crippen LogP contribution in [0.25, 0.3) is 0 Å². The maximum Gasteiger partial charge on any atom is 0.319 e. The number of hydrogen-bond acceptors (Lipinski definition) is 3. The molecule has 0 saturated carbocycles. The summed E-state index contributed by atoms with van der Waals surface area (Å²) in [6.07, 6.45) is 2.56. The monoisotopic (exact) mass is 340 g/mol. The van der Waals surface area contributed by atoms with Crippen molar-refractivity contribution in [3.8, 4) is 0 Å². The van der Waals surface area contributed by atoms with E-state index in [0.29, 0.717) is 11.3 Å². The van der Waals surface area contributed by atoms with Crippen LogP contribution in [0, 0.1) is 0 Å². The van der Waals surface area contributed by atoms with E-state index in [0.717, 1.165) is 12.1 Å². The fraction of sp³-hybridized carbons (Fsp3) is 0.316. The minimum atomic E-state index is -0.324. The number of amides is 3. The van der Waals surface area contributed by atoms with Crippen LogP contribution in [-0.4, -0.2) is 23.0 Å². The van der Waals surface area contributed by atoms with Gasteiger partial charge in [-0.15, -0.1) is 0 Å². The van der Waals surface area contributed by atoms with E-state index in [1.165, 1.54) is 0 Å². The summed E-state index contributed by atoms with van der Waals surface area (Å²) < 4.78 is 0. The second-order valence-electron chi connectivity index (χ2n) is 5.93. The Balaban J connectivity index is 1.90. The van der Waals surface area contributed by atoms with Crippen LogP contribution >= 0.6 is 0 Å². The van der Waals surface area contributed by atoms with E-state index in [4.69, 9.17) is 0 Å². The topological polar surface area (TPSA) is 83.1 Å². The van der Waals surface area contributed by atoms with Crippen molar-refractivity contribution >= 4 is 17.6 Å². The Morgan fingerprint density at radius 1 is 1.04 bits per heavy atom. The molecule has 3 amide bonds. The lowest BCUT2D eigenvalue weighted by Crippen LogP contribution is -2.32. The van der Waals surface area contributed by atoms with E-state index in [9.17, 15) is 9.59 Å². The van der Waals surface area contributed by atoms with E-state index in [1.54, 1.807) is 30.5 Å². The molecule has 1 aromatic carbocycles. The van der Waals surface area contributed by atoms with Crippen molar-refractivity contribution in [1.29, 1.82) is 0 Å². The highest BCUT2D eigenvalue weighted by atomic mass is 16.2. The molecule has 132 valence electrons. The second-order valence-corrected chi connectivity index (χ2v) is 5.93. The van der Waals surface area contributed by atoms with Crippen LogP contribution in [0.15, 0.2) is 48.7 Å². The number of benzene rings is 1. The average Bonchev–Trinajstić information content (AvgIpc) is 2.62. The molecule has 0 saturated heterocycles. The van der Waals surface area contributed by atoms with Crippen LogP contribution in [0.1, 0.15) is 49.3 Å². The van der Waals surface area contributed by atoms with Crippen LogP contribution in [0.5, 0.6) is 0 Å². The summed E-state index contributed by atoms with van der Waals surface area (Å²) >= 11 is 0. The first-order valence-corrected chi connectivity index (χ1v) is 8.39. The number of nitrogens with one attached hydrogen (secondary N) is 3. The minimum absolute atomic E-state index is 0.117. The van der Waals surface area contributed by atoms with Gasteiger partial charge in [-0.2, -0.15) is 0 Å². The van der Waals surface area contributed by atoms with Crippen molar-refractivity contribution in [3.05, 3.63) is 59.9 Å². The van der Waals surface area contributed by atoms with Crippen molar-refractivity contribution in [2.24, 2.45) is 0 Å². The third-order valence-electron chi connectivity index (χ3n) is 3.87. The summed E-state index contributed by atoms with van der Waals surface area (Å²) in [6, 6.07) is 11.9. The molecule has 2 rings (SSSR count). The number of carbonyl (C=O) groups excluding carboxylic acids is 2. The first kappa shape index (κ1) is 18.4. The Bertz CT molecular complexity index is 701. The maximum absolute atomic E-state index is 12.1. The minimum Gasteiger partial charge on any atom is -0.350 e. The average molecular weight is 340 g/mol. The zero-order valence-corrected chi connectivity index (χ0v) is 14.7. The second kappa shape index (κ2) is 8.82. The Kier molecular flexibility index (Phi) is 6.51. The summed E-state index contributed by atoms with van der Waals surface area (Å²) in [5, 5.41) is 8.48. The molecular formula is C19H24N4O2. The Morgan fingerprint density at radius 3 is 2.36 bits per heavy atom. The fourth-order valence-corrected chi connectivity index (χ4v) is 2.18. The van der Waals surface area contributed by atoms with Crippen molar-refractivity contribution in [3.63, 3.8) is 0 Å². The number of aromatic nitrogens is 1. The molecule has 2 aromatic rings. The molecule has 3 N–H and O–H groups in total. The summed E-state index contributed by atoms with van der Waals surface area (Å²) in [4.78, 5) is 28.3. The van der Waals surface area contributed by atoms with E-state index in [2.05, 4.69) is 20.9 Å². The van der Waals surface area contributed by atoms with Gasteiger partial charge in [-0.25, -0.2) is 4.79 Å². The number of rotatable bonds is 6. The van der Waals surface area contributed by atoms with Crippen molar-refractivity contribution in [2.45, 2.75) is 39.3 Å². The summed E-state index contributed by atoms with van der Waals surface area (Å²) in [5.74, 6) is -0.117. The molecule has 0 aliphatic carbocycles. The number of urea groups is 1. The van der Waals surface area contributed by atoms with Crippen LogP contribution in [-0.2, 0) is 0 Å². The van der Waals surface area contributed by atoms with Gasteiger partial charge in [-0.3, -0.25) is 9.78 Å². The van der Waals surface area contributed by atoms with E-state index >= 15 is 0 Å². The third-order valence-corrected chi connectivity index (χ3v) is 3.87. The zero-order chi connectivity index (χ0) is 18.2. The number of carbonyl (C=O) groups is 2. The van der Waals surface area contributed by atoms with Gasteiger partial charge >= 0.3 is 6.03 Å². The van der Waals surface area contributed by atoms with Gasteiger partial charge in [-0.1, -0.05) is 13.0 Å². The molecule has 0 spiro atoms. The molecule has 6 heteroatoms. The molecule has 1 aromatic heterocycles. The highest BCUT2D eigenvalue weighted by molar-refractivity contribution is 5.95. The summed E-state index contributed by atoms with van der Waals surface area (Å²) in [7, 11) is 0. The van der Waals surface area contributed by atoms with Crippen LogP contribution in [0.4, 0.5) is 10.5 Å². The Labute approximate surface area is 148 Å². The van der Waals surface area contributed by atoms with Crippen LogP contribution < -0.4 is 16.0 Å². The molecule has 1 heterocycles. The fourth-order valence-electron chi connectivity index (χ4n) is 2.18. The largest absolute Gasteiger partial charge is 0.350 e. The zero-order valence-electron chi connectivity index (χ0n) is 14.7. The quantitative estimate of drug-likeness (QED) is 0.753. The lowest BCUT2D eigenvalue weighted by molar-refractivity contribution is 0.0939. The summed E-state index contributed by atoms with van der Waals surface area (Å²) in [6.45, 7) is 5.84. The van der Waals surface area contributed by atoms with Gasteiger partial charge in [0.05, 0.1) is 11.7 Å². The SMILES string of the molecule is CC[C@@H](C)NC(=O)c1ccc(NC(=O)N[C@@H](C)c2ccccn2)cc1. The lowest BCUT2D eigenvalue weighted by Gasteiger charge is -2.14. The number of pyridine rings is 1. The Hall–Kier alpha value is -2.89. The highest BCUT2D eigenvalue weighted by Gasteiger charge is 2.11. The number of nitrogens with zero attached hydrogens (tertiary/aromatic N) is 1. The molecule has 0 fully saturated rings. The van der Waals surface area contributed by atoms with Gasteiger partial charge in [0.15, 0.2) is 0 Å². The predicted molar refractivity (Wildman–Crippen MR) is 98.5 cm³/mol. The van der Waals surface area contributed by atoms with Crippen LogP contribution in [0.3, 0.4) is 0 Å². The van der Waals surface area contributed by atoms with Crippen molar-refractivity contribution in [2.75, 3.05) is 5.32 Å². The molecular weight excluding hydrogens is 316 g/mol. The van der Waals surface area contributed by atoms with Gasteiger partial charge < -0.3 is 16.0 Å². The van der Waals surface area contributed by atoms with E-state index in [-0.39, 0.29) is 24.0 Å². The van der Waals surface area contributed by atoms with Crippen molar-refractivity contribution in [1.82, 2.24) is 15.6 Å². The molecule has 0 unspecified atom stereocenters. The molecule has 6 nitrogen and oxygen atoms in total. The predicted octanol–water partition coefficient (Wildman–Crippen LogP) is 3.49. The van der Waals surface area contributed by atoms with E-state index < -0.39 is 0 Å². The number of hydrogen-bond donors (Lipinski definition) is 3. The lowest BCUT2D eigenvalue weighted by atomic mass is 10.1. The number of anilines is 1. The Morgan fingerprint density at radius 2 is 1.76 bits per heavy atom. The molecule has 0 radical (unpaired) electrons. The molecule has 0 bridgehead atoms. The van der Waals surface area contributed by atoms with Gasteiger partial charge in [0, 0.05) is 23.5 Å². The molecule has 0 aliphatic rings. The molecule has 2 atom stereocenters. The van der Waals surface area contributed by atoms with Gasteiger partial charge in [0.1, 0.15) is 0 Å².